The van der Waals surface area contributed by atoms with E-state index in [0.717, 1.165) is 28.0 Å². The van der Waals surface area contributed by atoms with Gasteiger partial charge >= 0.3 is 0 Å². The summed E-state index contributed by atoms with van der Waals surface area (Å²) in [6.45, 7) is 10.2. The molecule has 0 saturated carbocycles. The third-order valence-electron chi connectivity index (χ3n) is 2.73. The molecule has 0 aliphatic rings. The summed E-state index contributed by atoms with van der Waals surface area (Å²) in [6, 6.07) is 0. The van der Waals surface area contributed by atoms with Crippen molar-refractivity contribution in [3.05, 3.63) is 14.9 Å². The average molecular weight is 304 g/mol. The van der Waals surface area contributed by atoms with Gasteiger partial charge < -0.3 is 4.90 Å². The standard InChI is InChI=1S/C12H18BrNOS/c1-5-9(15)10-8(4)12(16-11(10)13)14(6-2)7-3/h5-7H2,1-4H3. The molecule has 0 radical (unpaired) electrons. The van der Waals surface area contributed by atoms with Gasteiger partial charge in [-0.3, -0.25) is 4.79 Å². The van der Waals surface area contributed by atoms with Crippen molar-refractivity contribution in [2.45, 2.75) is 34.1 Å². The van der Waals surface area contributed by atoms with Crippen LogP contribution in [-0.4, -0.2) is 18.9 Å². The van der Waals surface area contributed by atoms with Gasteiger partial charge in [0.2, 0.25) is 0 Å². The lowest BCUT2D eigenvalue weighted by molar-refractivity contribution is 0.0987. The first-order valence-corrected chi connectivity index (χ1v) is 7.24. The highest BCUT2D eigenvalue weighted by Gasteiger charge is 2.20. The van der Waals surface area contributed by atoms with Gasteiger partial charge in [0.25, 0.3) is 0 Å². The fourth-order valence-corrected chi connectivity index (χ4v) is 3.93. The van der Waals surface area contributed by atoms with Crippen LogP contribution in [0.25, 0.3) is 0 Å². The van der Waals surface area contributed by atoms with Gasteiger partial charge in [0.1, 0.15) is 0 Å². The van der Waals surface area contributed by atoms with E-state index >= 15 is 0 Å². The summed E-state index contributed by atoms with van der Waals surface area (Å²) in [7, 11) is 0. The van der Waals surface area contributed by atoms with Gasteiger partial charge in [-0.1, -0.05) is 6.92 Å². The van der Waals surface area contributed by atoms with E-state index in [1.54, 1.807) is 11.3 Å². The highest BCUT2D eigenvalue weighted by atomic mass is 79.9. The van der Waals surface area contributed by atoms with Crippen LogP contribution in [0, 0.1) is 6.92 Å². The Balaban J connectivity index is 3.20. The number of thiophene rings is 1. The smallest absolute Gasteiger partial charge is 0.164 e. The summed E-state index contributed by atoms with van der Waals surface area (Å²) in [6.07, 6.45) is 0.563. The Morgan fingerprint density at radius 3 is 2.31 bits per heavy atom. The Labute approximate surface area is 110 Å². The molecule has 2 nitrogen and oxygen atoms in total. The normalized spacial score (nSPS) is 10.6. The highest BCUT2D eigenvalue weighted by molar-refractivity contribution is 9.11. The van der Waals surface area contributed by atoms with Crippen molar-refractivity contribution >= 4 is 38.1 Å². The number of Topliss-reactive ketones (excluding diaryl/α,β-unsaturated/α-hetero) is 1. The number of carbonyl (C=O) groups excluding carboxylic acids is 1. The summed E-state index contributed by atoms with van der Waals surface area (Å²) in [5.41, 5.74) is 1.99. The fraction of sp³-hybridized carbons (Fsp3) is 0.583. The van der Waals surface area contributed by atoms with Gasteiger partial charge in [-0.15, -0.1) is 11.3 Å². The maximum Gasteiger partial charge on any atom is 0.164 e. The number of rotatable bonds is 5. The third kappa shape index (κ3) is 2.48. The number of anilines is 1. The highest BCUT2D eigenvalue weighted by Crippen LogP contribution is 2.39. The summed E-state index contributed by atoms with van der Waals surface area (Å²) >= 11 is 5.17. The predicted octanol–water partition coefficient (Wildman–Crippen LogP) is 4.26. The molecule has 4 heteroatoms. The number of hydrogen-bond acceptors (Lipinski definition) is 3. The molecule has 0 atom stereocenters. The average Bonchev–Trinajstić information content (AvgIpc) is 2.56. The van der Waals surface area contributed by atoms with Gasteiger partial charge in [-0.05, 0) is 42.3 Å². The Morgan fingerprint density at radius 2 is 1.88 bits per heavy atom. The first-order chi connectivity index (χ1) is 7.56. The maximum absolute atomic E-state index is 11.8. The topological polar surface area (TPSA) is 20.3 Å². The molecule has 1 aromatic rings. The lowest BCUT2D eigenvalue weighted by Crippen LogP contribution is -2.21. The van der Waals surface area contributed by atoms with Gasteiger partial charge in [0, 0.05) is 25.1 Å². The molecule has 1 aromatic heterocycles. The summed E-state index contributed by atoms with van der Waals surface area (Å²) in [4.78, 5) is 14.1. The van der Waals surface area contributed by atoms with Gasteiger partial charge in [0.15, 0.2) is 5.78 Å². The SMILES string of the molecule is CCC(=O)c1c(Br)sc(N(CC)CC)c1C. The first-order valence-electron chi connectivity index (χ1n) is 5.63. The first kappa shape index (κ1) is 13.7. The molecular formula is C12H18BrNOS. The van der Waals surface area contributed by atoms with Crippen LogP contribution >= 0.6 is 27.3 Å². The van der Waals surface area contributed by atoms with Crippen LogP contribution in [0.5, 0.6) is 0 Å². The van der Waals surface area contributed by atoms with E-state index in [9.17, 15) is 4.79 Å². The third-order valence-corrected chi connectivity index (χ3v) is 4.75. The Bertz CT molecular complexity index is 383. The van der Waals surface area contributed by atoms with Crippen LogP contribution in [0.4, 0.5) is 5.00 Å². The largest absolute Gasteiger partial charge is 0.364 e. The minimum atomic E-state index is 0.221. The zero-order valence-electron chi connectivity index (χ0n) is 10.3. The van der Waals surface area contributed by atoms with Crippen LogP contribution in [0.3, 0.4) is 0 Å². The number of hydrogen-bond donors (Lipinski definition) is 0. The lowest BCUT2D eigenvalue weighted by atomic mass is 10.1. The molecular weight excluding hydrogens is 286 g/mol. The minimum absolute atomic E-state index is 0.221. The van der Waals surface area contributed by atoms with Crippen LogP contribution in [0.2, 0.25) is 0 Å². The zero-order chi connectivity index (χ0) is 12.3. The number of halogens is 1. The molecule has 1 rings (SSSR count). The van der Waals surface area contributed by atoms with E-state index < -0.39 is 0 Å². The zero-order valence-corrected chi connectivity index (χ0v) is 12.7. The molecule has 0 N–H and O–H groups in total. The molecule has 0 spiro atoms. The van der Waals surface area contributed by atoms with Crippen molar-refractivity contribution in [3.8, 4) is 0 Å². The molecule has 0 aliphatic carbocycles. The van der Waals surface area contributed by atoms with Crippen molar-refractivity contribution in [2.75, 3.05) is 18.0 Å². The van der Waals surface area contributed by atoms with Crippen LogP contribution in [0.1, 0.15) is 43.1 Å². The Kier molecular flexibility index (Phi) is 4.99. The van der Waals surface area contributed by atoms with Crippen molar-refractivity contribution in [1.29, 1.82) is 0 Å². The Hall–Kier alpha value is -0.350. The molecule has 1 heterocycles. The second-order valence-corrected chi connectivity index (χ2v) is 5.95. The van der Waals surface area contributed by atoms with E-state index in [1.165, 1.54) is 5.00 Å². The molecule has 0 fully saturated rings. The van der Waals surface area contributed by atoms with Crippen molar-refractivity contribution in [2.24, 2.45) is 0 Å². The molecule has 0 amide bonds. The molecule has 90 valence electrons. The second kappa shape index (κ2) is 5.82. The summed E-state index contributed by atoms with van der Waals surface area (Å²) < 4.78 is 0.971. The summed E-state index contributed by atoms with van der Waals surface area (Å²) in [5.74, 6) is 0.221. The predicted molar refractivity (Wildman–Crippen MR) is 74.9 cm³/mol. The number of nitrogens with zero attached hydrogens (tertiary/aromatic N) is 1. The van der Waals surface area contributed by atoms with E-state index in [-0.39, 0.29) is 5.78 Å². The fourth-order valence-electron chi connectivity index (χ4n) is 1.77. The van der Waals surface area contributed by atoms with E-state index in [4.69, 9.17) is 0 Å². The van der Waals surface area contributed by atoms with E-state index in [0.29, 0.717) is 6.42 Å². The monoisotopic (exact) mass is 303 g/mol. The molecule has 0 bridgehead atoms. The lowest BCUT2D eigenvalue weighted by Gasteiger charge is -2.19. The molecule has 0 aromatic carbocycles. The van der Waals surface area contributed by atoms with E-state index in [1.807, 2.05) is 13.8 Å². The van der Waals surface area contributed by atoms with Crippen molar-refractivity contribution in [3.63, 3.8) is 0 Å². The number of ketones is 1. The van der Waals surface area contributed by atoms with Crippen LogP contribution < -0.4 is 4.90 Å². The van der Waals surface area contributed by atoms with Crippen LogP contribution in [0.15, 0.2) is 3.79 Å². The molecule has 16 heavy (non-hydrogen) atoms. The second-order valence-electron chi connectivity index (χ2n) is 3.63. The molecule has 0 unspecified atom stereocenters. The maximum atomic E-state index is 11.8. The number of carbonyl (C=O) groups is 1. The summed E-state index contributed by atoms with van der Waals surface area (Å²) in [5, 5.41) is 1.22. The van der Waals surface area contributed by atoms with Gasteiger partial charge in [-0.25, -0.2) is 0 Å². The minimum Gasteiger partial charge on any atom is -0.364 e. The molecule has 0 saturated heterocycles. The Morgan fingerprint density at radius 1 is 1.31 bits per heavy atom. The van der Waals surface area contributed by atoms with Gasteiger partial charge in [0.05, 0.1) is 8.79 Å². The molecule has 0 aliphatic heterocycles. The van der Waals surface area contributed by atoms with Gasteiger partial charge in [-0.2, -0.15) is 0 Å². The van der Waals surface area contributed by atoms with Crippen LogP contribution in [-0.2, 0) is 0 Å². The van der Waals surface area contributed by atoms with E-state index in [2.05, 4.69) is 34.7 Å². The van der Waals surface area contributed by atoms with Crippen molar-refractivity contribution < 1.29 is 4.79 Å². The quantitative estimate of drug-likeness (QED) is 0.758. The van der Waals surface area contributed by atoms with Crippen molar-refractivity contribution in [1.82, 2.24) is 0 Å².